The Balaban J connectivity index is 2.45. The molecule has 1 atom stereocenters. The van der Waals surface area contributed by atoms with Crippen LogP contribution in [0.1, 0.15) is 25.5 Å². The molecular weight excluding hydrogens is 266 g/mol. The van der Waals surface area contributed by atoms with E-state index in [-0.39, 0.29) is 24.6 Å². The lowest BCUT2D eigenvalue weighted by molar-refractivity contribution is -0.129. The van der Waals surface area contributed by atoms with Crippen LogP contribution in [0.25, 0.3) is 0 Å². The van der Waals surface area contributed by atoms with E-state index in [1.54, 1.807) is 4.90 Å². The highest BCUT2D eigenvalue weighted by atomic mass is 19.2. The summed E-state index contributed by atoms with van der Waals surface area (Å²) in [7, 11) is 0. The molecule has 1 aromatic rings. The Morgan fingerprint density at radius 3 is 2.50 bits per heavy atom. The van der Waals surface area contributed by atoms with Crippen LogP contribution in [0.5, 0.6) is 0 Å². The number of hydrogen-bond donors (Lipinski definition) is 2. The number of aliphatic hydroxyl groups excluding tert-OH is 1. The molecule has 0 aliphatic heterocycles. The van der Waals surface area contributed by atoms with Crippen LogP contribution in [-0.2, 0) is 4.79 Å². The molecule has 2 N–H and O–H groups in total. The summed E-state index contributed by atoms with van der Waals surface area (Å²) in [5, 5.41) is 12.6. The number of rotatable bonds is 7. The Kier molecular flexibility index (Phi) is 6.54. The minimum Gasteiger partial charge on any atom is -0.387 e. The third-order valence-electron chi connectivity index (χ3n) is 3.06. The maximum Gasteiger partial charge on any atom is 0.236 e. The lowest BCUT2D eigenvalue weighted by atomic mass is 10.1. The summed E-state index contributed by atoms with van der Waals surface area (Å²) in [6.45, 7) is 5.22. The summed E-state index contributed by atoms with van der Waals surface area (Å²) in [5.74, 6) is -2.01. The molecule has 112 valence electrons. The van der Waals surface area contributed by atoms with E-state index in [0.29, 0.717) is 13.1 Å². The van der Waals surface area contributed by atoms with E-state index in [1.165, 1.54) is 6.07 Å². The van der Waals surface area contributed by atoms with Gasteiger partial charge in [-0.15, -0.1) is 0 Å². The minimum absolute atomic E-state index is 0.0625. The fourth-order valence-electron chi connectivity index (χ4n) is 1.84. The standard InChI is InChI=1S/C14H20F2N2O2/c1-3-18(4-2)14(20)9-17-8-13(19)10-5-6-11(15)12(16)7-10/h5-7,13,17,19H,3-4,8-9H2,1-2H3. The number of carbonyl (C=O) groups is 1. The summed E-state index contributed by atoms with van der Waals surface area (Å²) in [6.07, 6.45) is -0.991. The predicted molar refractivity (Wildman–Crippen MR) is 72.1 cm³/mol. The summed E-state index contributed by atoms with van der Waals surface area (Å²) in [5.41, 5.74) is 0.270. The van der Waals surface area contributed by atoms with Crippen molar-refractivity contribution in [2.75, 3.05) is 26.2 Å². The van der Waals surface area contributed by atoms with E-state index in [0.717, 1.165) is 12.1 Å². The van der Waals surface area contributed by atoms with Crippen LogP contribution in [-0.4, -0.2) is 42.1 Å². The van der Waals surface area contributed by atoms with Gasteiger partial charge in [0.1, 0.15) is 0 Å². The number of hydrogen-bond acceptors (Lipinski definition) is 3. The second kappa shape index (κ2) is 7.91. The maximum absolute atomic E-state index is 13.0. The van der Waals surface area contributed by atoms with E-state index >= 15 is 0 Å². The average molecular weight is 286 g/mol. The van der Waals surface area contributed by atoms with E-state index < -0.39 is 17.7 Å². The Bertz CT molecular complexity index is 451. The van der Waals surface area contributed by atoms with Crippen molar-refractivity contribution in [3.05, 3.63) is 35.4 Å². The number of halogens is 2. The molecule has 0 saturated heterocycles. The Labute approximate surface area is 117 Å². The van der Waals surface area contributed by atoms with Gasteiger partial charge in [0.05, 0.1) is 12.6 Å². The van der Waals surface area contributed by atoms with Crippen molar-refractivity contribution in [3.8, 4) is 0 Å². The Morgan fingerprint density at radius 2 is 1.95 bits per heavy atom. The summed E-state index contributed by atoms with van der Waals surface area (Å²) < 4.78 is 25.8. The Morgan fingerprint density at radius 1 is 1.30 bits per heavy atom. The number of nitrogens with one attached hydrogen (secondary N) is 1. The second-order valence-corrected chi connectivity index (χ2v) is 4.39. The zero-order valence-corrected chi connectivity index (χ0v) is 11.7. The van der Waals surface area contributed by atoms with Crippen molar-refractivity contribution in [1.29, 1.82) is 0 Å². The van der Waals surface area contributed by atoms with Gasteiger partial charge in [-0.1, -0.05) is 6.07 Å². The third kappa shape index (κ3) is 4.54. The molecule has 0 aromatic heterocycles. The zero-order valence-electron chi connectivity index (χ0n) is 11.7. The molecule has 1 aromatic carbocycles. The van der Waals surface area contributed by atoms with Crippen molar-refractivity contribution in [3.63, 3.8) is 0 Å². The maximum atomic E-state index is 13.0. The summed E-state index contributed by atoms with van der Waals surface area (Å²) in [6, 6.07) is 3.24. The van der Waals surface area contributed by atoms with Crippen molar-refractivity contribution in [2.24, 2.45) is 0 Å². The molecule has 4 nitrogen and oxygen atoms in total. The predicted octanol–water partition coefficient (Wildman–Crippen LogP) is 1.46. The number of benzene rings is 1. The van der Waals surface area contributed by atoms with Gasteiger partial charge in [0.15, 0.2) is 11.6 Å². The second-order valence-electron chi connectivity index (χ2n) is 4.39. The zero-order chi connectivity index (χ0) is 15.1. The van der Waals surface area contributed by atoms with Crippen LogP contribution in [0.4, 0.5) is 8.78 Å². The van der Waals surface area contributed by atoms with Gasteiger partial charge in [0.2, 0.25) is 5.91 Å². The first-order chi connectivity index (χ1) is 9.49. The van der Waals surface area contributed by atoms with Crippen molar-refractivity contribution < 1.29 is 18.7 Å². The molecular formula is C14H20F2N2O2. The normalized spacial score (nSPS) is 12.2. The van der Waals surface area contributed by atoms with Gasteiger partial charge in [-0.05, 0) is 31.5 Å². The first-order valence-corrected chi connectivity index (χ1v) is 6.61. The molecule has 0 spiro atoms. The molecule has 0 fully saturated rings. The lowest BCUT2D eigenvalue weighted by Crippen LogP contribution is -2.39. The average Bonchev–Trinajstić information content (AvgIpc) is 2.43. The van der Waals surface area contributed by atoms with Gasteiger partial charge in [0.25, 0.3) is 0 Å². The fraction of sp³-hybridized carbons (Fsp3) is 0.500. The van der Waals surface area contributed by atoms with E-state index in [2.05, 4.69) is 5.32 Å². The quantitative estimate of drug-likeness (QED) is 0.798. The highest BCUT2D eigenvalue weighted by Gasteiger charge is 2.13. The van der Waals surface area contributed by atoms with E-state index in [4.69, 9.17) is 0 Å². The van der Waals surface area contributed by atoms with Gasteiger partial charge in [0, 0.05) is 19.6 Å². The van der Waals surface area contributed by atoms with E-state index in [1.807, 2.05) is 13.8 Å². The number of amides is 1. The highest BCUT2D eigenvalue weighted by Crippen LogP contribution is 2.15. The molecule has 0 saturated carbocycles. The van der Waals surface area contributed by atoms with Crippen LogP contribution in [0.15, 0.2) is 18.2 Å². The van der Waals surface area contributed by atoms with Crippen molar-refractivity contribution in [2.45, 2.75) is 20.0 Å². The molecule has 0 bridgehead atoms. The van der Waals surface area contributed by atoms with E-state index in [9.17, 15) is 18.7 Å². The highest BCUT2D eigenvalue weighted by molar-refractivity contribution is 5.78. The number of carbonyl (C=O) groups excluding carboxylic acids is 1. The molecule has 20 heavy (non-hydrogen) atoms. The molecule has 0 radical (unpaired) electrons. The number of nitrogens with zero attached hydrogens (tertiary/aromatic N) is 1. The molecule has 6 heteroatoms. The first kappa shape index (κ1) is 16.5. The summed E-state index contributed by atoms with van der Waals surface area (Å²) in [4.78, 5) is 13.4. The fourth-order valence-corrected chi connectivity index (χ4v) is 1.84. The smallest absolute Gasteiger partial charge is 0.236 e. The molecule has 1 amide bonds. The van der Waals surface area contributed by atoms with Crippen molar-refractivity contribution >= 4 is 5.91 Å². The van der Waals surface area contributed by atoms with Gasteiger partial charge in [-0.25, -0.2) is 8.78 Å². The Hall–Kier alpha value is -1.53. The SMILES string of the molecule is CCN(CC)C(=O)CNCC(O)c1ccc(F)c(F)c1. The monoisotopic (exact) mass is 286 g/mol. The molecule has 1 unspecified atom stereocenters. The minimum atomic E-state index is -0.999. The third-order valence-corrected chi connectivity index (χ3v) is 3.06. The summed E-state index contributed by atoms with van der Waals surface area (Å²) >= 11 is 0. The molecule has 0 heterocycles. The van der Waals surface area contributed by atoms with Crippen LogP contribution in [0.2, 0.25) is 0 Å². The largest absolute Gasteiger partial charge is 0.387 e. The van der Waals surface area contributed by atoms with Gasteiger partial charge >= 0.3 is 0 Å². The molecule has 1 rings (SSSR count). The first-order valence-electron chi connectivity index (χ1n) is 6.61. The van der Waals surface area contributed by atoms with Crippen LogP contribution >= 0.6 is 0 Å². The molecule has 0 aliphatic carbocycles. The van der Waals surface area contributed by atoms with Gasteiger partial charge < -0.3 is 15.3 Å². The lowest BCUT2D eigenvalue weighted by Gasteiger charge is -2.19. The van der Waals surface area contributed by atoms with Crippen LogP contribution in [0.3, 0.4) is 0 Å². The number of aliphatic hydroxyl groups is 1. The topological polar surface area (TPSA) is 52.6 Å². The van der Waals surface area contributed by atoms with Crippen LogP contribution in [0, 0.1) is 11.6 Å². The van der Waals surface area contributed by atoms with Gasteiger partial charge in [-0.2, -0.15) is 0 Å². The van der Waals surface area contributed by atoms with Gasteiger partial charge in [-0.3, -0.25) is 4.79 Å². The number of likely N-dealkylation sites (N-methyl/N-ethyl adjacent to an activating group) is 1. The van der Waals surface area contributed by atoms with Crippen molar-refractivity contribution in [1.82, 2.24) is 10.2 Å². The molecule has 0 aliphatic rings. The van der Waals surface area contributed by atoms with Crippen LogP contribution < -0.4 is 5.32 Å².